The van der Waals surface area contributed by atoms with Gasteiger partial charge < -0.3 is 49.7 Å². The van der Waals surface area contributed by atoms with Crippen molar-refractivity contribution in [1.82, 2.24) is 4.90 Å². The molecule has 33 heavy (non-hydrogen) atoms. The molecule has 11 heteroatoms. The minimum atomic E-state index is -1.50. The van der Waals surface area contributed by atoms with Crippen molar-refractivity contribution in [3.63, 3.8) is 0 Å². The first-order chi connectivity index (χ1) is 15.7. The van der Waals surface area contributed by atoms with Gasteiger partial charge in [-0.2, -0.15) is 0 Å². The molecule has 10 unspecified atom stereocenters. The molecule has 0 aromatic carbocycles. The van der Waals surface area contributed by atoms with Gasteiger partial charge in [0.15, 0.2) is 12.5 Å². The van der Waals surface area contributed by atoms with Crippen LogP contribution in [0.15, 0.2) is 0 Å². The average molecular weight is 478 g/mol. The third-order valence-electron chi connectivity index (χ3n) is 7.12. The minimum Gasteiger partial charge on any atom is -0.396 e. The first-order valence-electron chi connectivity index (χ1n) is 11.8. The number of nitrogens with zero attached hydrogens (tertiary/aromatic N) is 1. The normalized spacial score (nSPS) is 42.3. The lowest BCUT2D eigenvalue weighted by molar-refractivity contribution is -0.322. The van der Waals surface area contributed by atoms with Crippen LogP contribution in [0, 0.1) is 29.6 Å². The Morgan fingerprint density at radius 1 is 1.03 bits per heavy atom. The molecule has 0 spiro atoms. The summed E-state index contributed by atoms with van der Waals surface area (Å²) in [7, 11) is 0. The summed E-state index contributed by atoms with van der Waals surface area (Å²) in [6, 6.07) is 0. The summed E-state index contributed by atoms with van der Waals surface area (Å²) in [5.41, 5.74) is 0. The molecule has 11 nitrogen and oxygen atoms in total. The molecule has 0 radical (unpaired) electrons. The van der Waals surface area contributed by atoms with Crippen LogP contribution >= 0.6 is 0 Å². The van der Waals surface area contributed by atoms with Crippen LogP contribution < -0.4 is 0 Å². The predicted molar refractivity (Wildman–Crippen MR) is 113 cm³/mol. The van der Waals surface area contributed by atoms with Crippen LogP contribution in [0.3, 0.4) is 0 Å². The largest absolute Gasteiger partial charge is 0.396 e. The molecule has 6 N–H and O–H groups in total. The van der Waals surface area contributed by atoms with Gasteiger partial charge in [-0.25, -0.2) is 0 Å². The summed E-state index contributed by atoms with van der Waals surface area (Å²) in [6.45, 7) is 3.14. The molecule has 0 aromatic heterocycles. The Morgan fingerprint density at radius 3 is 2.30 bits per heavy atom. The Balaban J connectivity index is 1.71. The van der Waals surface area contributed by atoms with Gasteiger partial charge in [-0.05, 0) is 24.2 Å². The lowest BCUT2D eigenvalue weighted by Crippen LogP contribution is -2.65. The fourth-order valence-corrected chi connectivity index (χ4v) is 5.38. The van der Waals surface area contributed by atoms with E-state index < -0.39 is 62.0 Å². The van der Waals surface area contributed by atoms with E-state index in [1.165, 1.54) is 4.90 Å². The van der Waals surface area contributed by atoms with Crippen LogP contribution in [0.2, 0.25) is 0 Å². The van der Waals surface area contributed by atoms with Gasteiger partial charge in [0.25, 0.3) is 0 Å². The van der Waals surface area contributed by atoms with Crippen LogP contribution in [0.4, 0.5) is 0 Å². The van der Waals surface area contributed by atoms with Gasteiger partial charge in [-0.15, -0.1) is 0 Å². The first kappa shape index (κ1) is 26.7. The summed E-state index contributed by atoms with van der Waals surface area (Å²) in [6.07, 6.45) is -6.21. The second-order valence-electron chi connectivity index (χ2n) is 9.91. The number of hydrogen-bond donors (Lipinski definition) is 6. The molecule has 3 aliphatic rings. The van der Waals surface area contributed by atoms with Gasteiger partial charge in [-0.1, -0.05) is 13.8 Å². The third kappa shape index (κ3) is 5.68. The second-order valence-corrected chi connectivity index (χ2v) is 9.91. The maximum atomic E-state index is 12.6. The molecule has 1 amide bonds. The number of amides is 1. The van der Waals surface area contributed by atoms with Gasteiger partial charge in [0, 0.05) is 38.0 Å². The van der Waals surface area contributed by atoms with E-state index in [9.17, 15) is 35.4 Å². The molecule has 3 heterocycles. The van der Waals surface area contributed by atoms with E-state index in [1.807, 2.05) is 0 Å². The predicted octanol–water partition coefficient (Wildman–Crippen LogP) is -2.11. The highest BCUT2D eigenvalue weighted by molar-refractivity contribution is 5.79. The van der Waals surface area contributed by atoms with Gasteiger partial charge in [0.05, 0.1) is 19.8 Å². The summed E-state index contributed by atoms with van der Waals surface area (Å²) < 4.78 is 17.4. The number of rotatable bonds is 9. The lowest BCUT2D eigenvalue weighted by atomic mass is 9.80. The van der Waals surface area contributed by atoms with Gasteiger partial charge >= 0.3 is 0 Å². The first-order valence-corrected chi connectivity index (χ1v) is 11.8. The smallest absolute Gasteiger partial charge is 0.225 e. The number of carbonyl (C=O) groups is 1. The quantitative estimate of drug-likeness (QED) is 0.216. The van der Waals surface area contributed by atoms with Crippen LogP contribution in [0.5, 0.6) is 0 Å². The molecule has 3 fully saturated rings. The van der Waals surface area contributed by atoms with Gasteiger partial charge in [0.1, 0.15) is 24.4 Å². The highest BCUT2D eigenvalue weighted by atomic mass is 16.7. The van der Waals surface area contributed by atoms with Gasteiger partial charge in [-0.3, -0.25) is 4.79 Å². The number of aliphatic hydroxyl groups is 6. The fraction of sp³-hybridized carbons (Fsp3) is 0.955. The average Bonchev–Trinajstić information content (AvgIpc) is 3.15. The van der Waals surface area contributed by atoms with E-state index in [4.69, 9.17) is 14.2 Å². The summed E-state index contributed by atoms with van der Waals surface area (Å²) in [5.74, 6) is -1.21. The monoisotopic (exact) mass is 477 g/mol. The van der Waals surface area contributed by atoms with Crippen molar-refractivity contribution < 1.29 is 49.6 Å². The van der Waals surface area contributed by atoms with E-state index in [0.717, 1.165) is 6.42 Å². The molecule has 0 aromatic rings. The van der Waals surface area contributed by atoms with E-state index in [1.54, 1.807) is 0 Å². The number of ether oxygens (including phenoxy) is 3. The van der Waals surface area contributed by atoms with Crippen molar-refractivity contribution >= 4 is 5.91 Å². The zero-order valence-corrected chi connectivity index (χ0v) is 19.3. The van der Waals surface area contributed by atoms with E-state index in [-0.39, 0.29) is 37.6 Å². The summed E-state index contributed by atoms with van der Waals surface area (Å²) in [5, 5.41) is 60.7. The standard InChI is InChI=1S/C22H39NO10/c1-11(2)3-12-4-17(28)23(5-12)21-19(30)18(29)20(16(9-27)32-21)33-22-15(8-26)14(7-25)13(6-24)10-31-22/h11-16,18-22,24-27,29-30H,3-10H2,1-2H3. The third-order valence-corrected chi connectivity index (χ3v) is 7.12. The van der Waals surface area contributed by atoms with Crippen molar-refractivity contribution in [3.8, 4) is 0 Å². The maximum Gasteiger partial charge on any atom is 0.225 e. The van der Waals surface area contributed by atoms with E-state index in [0.29, 0.717) is 18.9 Å². The highest BCUT2D eigenvalue weighted by Crippen LogP contribution is 2.36. The second kappa shape index (κ2) is 11.7. The Labute approximate surface area is 193 Å². The molecule has 3 rings (SSSR count). The molecule has 0 aliphatic carbocycles. The van der Waals surface area contributed by atoms with Crippen molar-refractivity contribution in [2.24, 2.45) is 29.6 Å². The van der Waals surface area contributed by atoms with Crippen molar-refractivity contribution in [1.29, 1.82) is 0 Å². The topological polar surface area (TPSA) is 169 Å². The molecule has 192 valence electrons. The molecule has 3 aliphatic heterocycles. The Hall–Kier alpha value is -0.890. The van der Waals surface area contributed by atoms with E-state index in [2.05, 4.69) is 13.8 Å². The Bertz CT molecular complexity index is 634. The molecule has 10 atom stereocenters. The zero-order valence-electron chi connectivity index (χ0n) is 19.3. The number of aliphatic hydroxyl groups excluding tert-OH is 6. The summed E-state index contributed by atoms with van der Waals surface area (Å²) >= 11 is 0. The maximum absolute atomic E-state index is 12.6. The molecule has 0 saturated carbocycles. The number of carbonyl (C=O) groups excluding carboxylic acids is 1. The van der Waals surface area contributed by atoms with E-state index >= 15 is 0 Å². The Morgan fingerprint density at radius 2 is 1.73 bits per heavy atom. The van der Waals surface area contributed by atoms with Crippen LogP contribution in [-0.4, -0.2) is 118 Å². The Kier molecular flexibility index (Phi) is 9.47. The lowest BCUT2D eigenvalue weighted by Gasteiger charge is -2.48. The molecular formula is C22H39NO10. The van der Waals surface area contributed by atoms with Gasteiger partial charge in [0.2, 0.25) is 5.91 Å². The van der Waals surface area contributed by atoms with Crippen LogP contribution in [0.25, 0.3) is 0 Å². The zero-order chi connectivity index (χ0) is 24.3. The number of hydrogen-bond acceptors (Lipinski definition) is 10. The fourth-order valence-electron chi connectivity index (χ4n) is 5.38. The molecular weight excluding hydrogens is 438 g/mol. The highest BCUT2D eigenvalue weighted by Gasteiger charge is 2.52. The SMILES string of the molecule is CC(C)CC1CC(=O)N(C2OC(CO)C(OC3OCC(CO)C(CO)C3CO)C(O)C2O)C1. The minimum absolute atomic E-state index is 0.0705. The molecule has 0 bridgehead atoms. The van der Waals surface area contributed by atoms with Crippen LogP contribution in [0.1, 0.15) is 26.7 Å². The van der Waals surface area contributed by atoms with Crippen molar-refractivity contribution in [3.05, 3.63) is 0 Å². The van der Waals surface area contributed by atoms with Crippen LogP contribution in [-0.2, 0) is 19.0 Å². The number of likely N-dealkylation sites (tertiary alicyclic amines) is 1. The summed E-state index contributed by atoms with van der Waals surface area (Å²) in [4.78, 5) is 14.0. The molecule has 3 saturated heterocycles. The van der Waals surface area contributed by atoms with Crippen molar-refractivity contribution in [2.45, 2.75) is 63.6 Å². The van der Waals surface area contributed by atoms with Crippen molar-refractivity contribution in [2.75, 3.05) is 39.6 Å².